The number of fused-ring (bicyclic) bond motifs is 1. The molecule has 3 rings (SSSR count). The molecule has 3 aromatic heterocycles. The Balaban J connectivity index is 1.84. The first-order valence-corrected chi connectivity index (χ1v) is 13.0. The molecule has 1 atom stereocenters. The van der Waals surface area contributed by atoms with Crippen molar-refractivity contribution in [1.82, 2.24) is 29.7 Å². The van der Waals surface area contributed by atoms with E-state index >= 15 is 0 Å². The predicted molar refractivity (Wildman–Crippen MR) is 131 cm³/mol. The number of aliphatic hydroxyl groups excluding tert-OH is 3. The van der Waals surface area contributed by atoms with Gasteiger partial charge in [0.1, 0.15) is 23.3 Å². The van der Waals surface area contributed by atoms with Crippen molar-refractivity contribution in [1.29, 1.82) is 0 Å². The molecule has 3 heterocycles. The highest BCUT2D eigenvalue weighted by Crippen LogP contribution is 2.33. The monoisotopic (exact) mass is 539 g/mol. The zero-order chi connectivity index (χ0) is 27.0. The number of anilines is 1. The van der Waals surface area contributed by atoms with E-state index in [-0.39, 0.29) is 37.8 Å². The molecule has 16 heteroatoms. The summed E-state index contributed by atoms with van der Waals surface area (Å²) in [7, 11) is -4.18. The van der Waals surface area contributed by atoms with Crippen LogP contribution in [0.2, 0.25) is 0 Å². The van der Waals surface area contributed by atoms with Gasteiger partial charge in [-0.05, 0) is 29.6 Å². The van der Waals surface area contributed by atoms with E-state index in [9.17, 15) is 13.5 Å². The summed E-state index contributed by atoms with van der Waals surface area (Å²) in [6.07, 6.45) is 0.844. The van der Waals surface area contributed by atoms with Crippen LogP contribution in [0.1, 0.15) is 19.0 Å². The fraction of sp³-hybridized carbons (Fsp3) is 0.524. The van der Waals surface area contributed by atoms with E-state index in [4.69, 9.17) is 29.9 Å². The fourth-order valence-electron chi connectivity index (χ4n) is 3.64. The molecule has 202 valence electrons. The highest BCUT2D eigenvalue weighted by molar-refractivity contribution is 7.85. The van der Waals surface area contributed by atoms with Gasteiger partial charge in [0, 0.05) is 26.2 Å². The Hall–Kier alpha value is -3.33. The Morgan fingerprint density at radius 1 is 1.30 bits per heavy atom. The van der Waals surface area contributed by atoms with Gasteiger partial charge in [-0.2, -0.15) is 8.42 Å². The molecular formula is C21H29N7O8S. The van der Waals surface area contributed by atoms with Gasteiger partial charge in [-0.3, -0.25) is 9.45 Å². The molecule has 15 nitrogen and oxygen atoms in total. The molecule has 0 saturated heterocycles. The highest BCUT2D eigenvalue weighted by atomic mass is 32.2. The van der Waals surface area contributed by atoms with Crippen LogP contribution in [-0.4, -0.2) is 109 Å². The number of aliphatic hydroxyl groups is 3. The number of nitrogen functional groups attached to an aromatic ring is 1. The highest BCUT2D eigenvalue weighted by Gasteiger charge is 2.23. The van der Waals surface area contributed by atoms with Crippen molar-refractivity contribution in [2.24, 2.45) is 0 Å². The zero-order valence-electron chi connectivity index (χ0n) is 20.1. The predicted octanol–water partition coefficient (Wildman–Crippen LogP) is -1.26. The molecule has 0 amide bonds. The number of aryl methyl sites for hydroxylation is 1. The summed E-state index contributed by atoms with van der Waals surface area (Å²) in [5.41, 5.74) is 7.40. The maximum atomic E-state index is 11.1. The minimum Gasteiger partial charge on any atom is -0.490 e. The number of hydrogen-bond acceptors (Lipinski definition) is 13. The van der Waals surface area contributed by atoms with E-state index < -0.39 is 28.6 Å². The number of hydrogen-bond donors (Lipinski definition) is 5. The number of nitrogens with two attached hydrogens (primary N) is 1. The third kappa shape index (κ3) is 7.35. The number of imidazole rings is 1. The first kappa shape index (κ1) is 28.2. The van der Waals surface area contributed by atoms with Crippen LogP contribution in [0.3, 0.4) is 0 Å². The minimum absolute atomic E-state index is 0.0230. The first-order chi connectivity index (χ1) is 17.7. The number of aromatic nitrogens is 5. The van der Waals surface area contributed by atoms with Crippen LogP contribution in [0.4, 0.5) is 5.82 Å². The second-order valence-electron chi connectivity index (χ2n) is 7.93. The van der Waals surface area contributed by atoms with Crippen molar-refractivity contribution in [2.45, 2.75) is 26.0 Å². The standard InChI is InChI=1S/C21H29N7O8S/c1-2-28-19-16(35-9-4-6-27(12-14(31)13-30)7-10-37(32,33)34)11-23-15(5-3-8-29)17(19)24-21(28)18-20(22)26-36-25-18/h11,14,29-31H,2,4,6-10,12-13H2,1H3,(H2,22,26)(H,32,33,34). The van der Waals surface area contributed by atoms with Crippen molar-refractivity contribution in [3.8, 4) is 29.1 Å². The summed E-state index contributed by atoms with van der Waals surface area (Å²) in [5.74, 6) is 5.63. The average molecular weight is 540 g/mol. The molecule has 0 bridgehead atoms. The van der Waals surface area contributed by atoms with E-state index in [0.717, 1.165) is 0 Å². The summed E-state index contributed by atoms with van der Waals surface area (Å²) in [5, 5.41) is 35.4. The Morgan fingerprint density at radius 2 is 2.08 bits per heavy atom. The first-order valence-electron chi connectivity index (χ1n) is 11.3. The van der Waals surface area contributed by atoms with Crippen molar-refractivity contribution < 1.29 is 37.7 Å². The van der Waals surface area contributed by atoms with Crippen LogP contribution in [0.15, 0.2) is 10.8 Å². The topological polar surface area (TPSA) is 223 Å². The van der Waals surface area contributed by atoms with Crippen LogP contribution < -0.4 is 10.5 Å². The Labute approximate surface area is 212 Å². The molecule has 0 aromatic carbocycles. The number of rotatable bonds is 13. The number of ether oxygens (including phenoxy) is 1. The number of nitrogens with zero attached hydrogens (tertiary/aromatic N) is 6. The van der Waals surface area contributed by atoms with Crippen molar-refractivity contribution in [2.75, 3.05) is 50.9 Å². The van der Waals surface area contributed by atoms with Gasteiger partial charge in [0.05, 0.1) is 31.3 Å². The maximum Gasteiger partial charge on any atom is 0.266 e. The van der Waals surface area contributed by atoms with Crippen molar-refractivity contribution in [3.63, 3.8) is 0 Å². The summed E-state index contributed by atoms with van der Waals surface area (Å²) >= 11 is 0. The number of pyridine rings is 1. The lowest BCUT2D eigenvalue weighted by Crippen LogP contribution is -2.38. The lowest BCUT2D eigenvalue weighted by molar-refractivity contribution is 0.0593. The third-order valence-corrected chi connectivity index (χ3v) is 5.98. The van der Waals surface area contributed by atoms with E-state index in [0.29, 0.717) is 47.8 Å². The lowest BCUT2D eigenvalue weighted by Gasteiger charge is -2.23. The molecular weight excluding hydrogens is 510 g/mol. The third-order valence-electron chi connectivity index (χ3n) is 5.29. The van der Waals surface area contributed by atoms with Gasteiger partial charge in [-0.15, -0.1) is 0 Å². The van der Waals surface area contributed by atoms with Gasteiger partial charge in [0.15, 0.2) is 23.1 Å². The van der Waals surface area contributed by atoms with Gasteiger partial charge in [-0.25, -0.2) is 14.6 Å². The second kappa shape index (κ2) is 12.8. The SMILES string of the molecule is CCn1c(-c2nonc2N)nc2c(C#CCO)ncc(OCCCN(CCS(=O)(=O)O)CC(O)CO)c21. The van der Waals surface area contributed by atoms with Gasteiger partial charge in [-0.1, -0.05) is 5.92 Å². The average Bonchev–Trinajstić information content (AvgIpc) is 3.46. The van der Waals surface area contributed by atoms with Crippen LogP contribution in [0, 0.1) is 11.8 Å². The molecule has 0 fully saturated rings. The molecule has 0 aliphatic rings. The van der Waals surface area contributed by atoms with Crippen molar-refractivity contribution >= 4 is 27.0 Å². The van der Waals surface area contributed by atoms with Gasteiger partial charge < -0.3 is 30.4 Å². The summed E-state index contributed by atoms with van der Waals surface area (Å²) in [4.78, 5) is 10.5. The van der Waals surface area contributed by atoms with E-state index in [1.54, 1.807) is 9.47 Å². The Bertz CT molecular complexity index is 1360. The summed E-state index contributed by atoms with van der Waals surface area (Å²) in [6, 6.07) is 0. The molecule has 3 aromatic rings. The van der Waals surface area contributed by atoms with E-state index in [2.05, 4.69) is 32.1 Å². The van der Waals surface area contributed by atoms with Crippen LogP contribution >= 0.6 is 0 Å². The van der Waals surface area contributed by atoms with Crippen LogP contribution in [0.5, 0.6) is 5.75 Å². The lowest BCUT2D eigenvalue weighted by atomic mass is 10.2. The minimum atomic E-state index is -4.18. The Morgan fingerprint density at radius 3 is 2.70 bits per heavy atom. The van der Waals surface area contributed by atoms with E-state index in [1.807, 2.05) is 6.92 Å². The second-order valence-corrected chi connectivity index (χ2v) is 9.50. The molecule has 37 heavy (non-hydrogen) atoms. The summed E-state index contributed by atoms with van der Waals surface area (Å²) < 4.78 is 43.8. The molecule has 0 saturated carbocycles. The molecule has 0 aliphatic carbocycles. The van der Waals surface area contributed by atoms with Crippen molar-refractivity contribution in [3.05, 3.63) is 11.9 Å². The molecule has 1 unspecified atom stereocenters. The van der Waals surface area contributed by atoms with Gasteiger partial charge >= 0.3 is 0 Å². The van der Waals surface area contributed by atoms with Crippen LogP contribution in [0.25, 0.3) is 22.6 Å². The smallest absolute Gasteiger partial charge is 0.266 e. The molecule has 6 N–H and O–H groups in total. The van der Waals surface area contributed by atoms with Gasteiger partial charge in [0.2, 0.25) is 0 Å². The molecule has 0 aliphatic heterocycles. The molecule has 0 spiro atoms. The maximum absolute atomic E-state index is 11.1. The van der Waals surface area contributed by atoms with Crippen LogP contribution in [-0.2, 0) is 16.7 Å². The van der Waals surface area contributed by atoms with E-state index in [1.165, 1.54) is 6.20 Å². The summed E-state index contributed by atoms with van der Waals surface area (Å²) in [6.45, 7) is 2.00. The largest absolute Gasteiger partial charge is 0.490 e. The van der Waals surface area contributed by atoms with Gasteiger partial charge in [0.25, 0.3) is 10.1 Å². The fourth-order valence-corrected chi connectivity index (χ4v) is 4.13. The quantitative estimate of drug-likeness (QED) is 0.0971. The Kier molecular flexibility index (Phi) is 9.74. The normalized spacial score (nSPS) is 12.6. The molecule has 0 radical (unpaired) electrons. The zero-order valence-corrected chi connectivity index (χ0v) is 20.9.